The average molecular weight is 418 g/mol. The lowest BCUT2D eigenvalue weighted by Crippen LogP contribution is -2.29. The molecule has 0 amide bonds. The largest absolute Gasteiger partial charge is 0.383 e. The lowest BCUT2D eigenvalue weighted by molar-refractivity contribution is 0.183. The van der Waals surface area contributed by atoms with E-state index >= 15 is 0 Å². The summed E-state index contributed by atoms with van der Waals surface area (Å²) in [5.41, 5.74) is 3.20. The third kappa shape index (κ3) is 4.55. The number of hydrogen-bond acceptors (Lipinski definition) is 6. The molecule has 2 aromatic carbocycles. The first-order valence-electron chi connectivity index (χ1n) is 10.3. The van der Waals surface area contributed by atoms with Crippen LogP contribution in [-0.2, 0) is 17.8 Å². The molecule has 0 unspecified atom stereocenters. The standard InChI is InChI=1S/C23H27N7O/c1-18-9-7-8-12-20(18)30-23(25-26-27-30)22(19-10-5-4-6-11-19)28(2)17-21-24-13-14-29(21)15-16-31-3/h4-14,22H,15-17H2,1-3H3/t22-/m0/s1. The summed E-state index contributed by atoms with van der Waals surface area (Å²) in [7, 11) is 3.78. The molecule has 0 N–H and O–H groups in total. The minimum Gasteiger partial charge on any atom is -0.383 e. The normalized spacial score (nSPS) is 12.4. The van der Waals surface area contributed by atoms with E-state index in [2.05, 4.69) is 62.1 Å². The highest BCUT2D eigenvalue weighted by molar-refractivity contribution is 5.40. The summed E-state index contributed by atoms with van der Waals surface area (Å²) >= 11 is 0. The molecule has 2 heterocycles. The highest BCUT2D eigenvalue weighted by Crippen LogP contribution is 2.29. The molecule has 0 aliphatic carbocycles. The Labute approximate surface area is 182 Å². The maximum atomic E-state index is 5.23. The number of imidazole rings is 1. The summed E-state index contributed by atoms with van der Waals surface area (Å²) in [5.74, 6) is 1.73. The van der Waals surface area contributed by atoms with Gasteiger partial charge in [-0.25, -0.2) is 4.98 Å². The van der Waals surface area contributed by atoms with Gasteiger partial charge in [-0.15, -0.1) is 5.10 Å². The number of aromatic nitrogens is 6. The smallest absolute Gasteiger partial charge is 0.178 e. The van der Waals surface area contributed by atoms with Gasteiger partial charge in [-0.1, -0.05) is 48.5 Å². The van der Waals surface area contributed by atoms with Crippen LogP contribution in [0.25, 0.3) is 5.69 Å². The van der Waals surface area contributed by atoms with E-state index in [9.17, 15) is 0 Å². The highest BCUT2D eigenvalue weighted by Gasteiger charge is 2.27. The second kappa shape index (κ2) is 9.63. The molecule has 31 heavy (non-hydrogen) atoms. The molecule has 0 radical (unpaired) electrons. The van der Waals surface area contributed by atoms with Crippen LogP contribution in [0.1, 0.15) is 28.8 Å². The van der Waals surface area contributed by atoms with E-state index in [4.69, 9.17) is 4.74 Å². The lowest BCUT2D eigenvalue weighted by Gasteiger charge is -2.27. The zero-order valence-electron chi connectivity index (χ0n) is 18.1. The Morgan fingerprint density at radius 2 is 1.84 bits per heavy atom. The number of nitrogens with zero attached hydrogens (tertiary/aromatic N) is 7. The average Bonchev–Trinajstić information content (AvgIpc) is 3.43. The van der Waals surface area contributed by atoms with Gasteiger partial charge >= 0.3 is 0 Å². The zero-order chi connectivity index (χ0) is 21.6. The van der Waals surface area contributed by atoms with Crippen molar-refractivity contribution in [2.24, 2.45) is 0 Å². The molecule has 4 rings (SSSR count). The van der Waals surface area contributed by atoms with E-state index in [0.29, 0.717) is 13.2 Å². The lowest BCUT2D eigenvalue weighted by atomic mass is 10.0. The molecular weight excluding hydrogens is 390 g/mol. The van der Waals surface area contributed by atoms with Crippen molar-refractivity contribution in [3.8, 4) is 5.69 Å². The van der Waals surface area contributed by atoms with Crippen molar-refractivity contribution >= 4 is 0 Å². The van der Waals surface area contributed by atoms with Gasteiger partial charge < -0.3 is 9.30 Å². The zero-order valence-corrected chi connectivity index (χ0v) is 18.1. The van der Waals surface area contributed by atoms with Gasteiger partial charge in [0.15, 0.2) is 5.82 Å². The number of aryl methyl sites for hydroxylation is 1. The molecule has 0 bridgehead atoms. The number of ether oxygens (including phenoxy) is 1. The molecular formula is C23H27N7O. The summed E-state index contributed by atoms with van der Waals surface area (Å²) in [6.07, 6.45) is 3.81. The maximum absolute atomic E-state index is 5.23. The predicted octanol–water partition coefficient (Wildman–Crippen LogP) is 3.04. The summed E-state index contributed by atoms with van der Waals surface area (Å²) in [5, 5.41) is 12.8. The van der Waals surface area contributed by atoms with Crippen molar-refractivity contribution in [3.05, 3.63) is 89.8 Å². The summed E-state index contributed by atoms with van der Waals surface area (Å²) in [6.45, 7) is 4.10. The monoisotopic (exact) mass is 417 g/mol. The first-order chi connectivity index (χ1) is 15.2. The Balaban J connectivity index is 1.72. The van der Waals surface area contributed by atoms with Crippen LogP contribution in [0.3, 0.4) is 0 Å². The molecule has 160 valence electrons. The first kappa shape index (κ1) is 20.9. The highest BCUT2D eigenvalue weighted by atomic mass is 16.5. The SMILES string of the molecule is COCCn1ccnc1CN(C)[C@@H](c1ccccc1)c1nnnn1-c1ccccc1C. The molecule has 0 aliphatic heterocycles. The van der Waals surface area contributed by atoms with Crippen molar-refractivity contribution in [1.29, 1.82) is 0 Å². The third-order valence-corrected chi connectivity index (χ3v) is 5.37. The van der Waals surface area contributed by atoms with Crippen LogP contribution in [0.15, 0.2) is 67.0 Å². The van der Waals surface area contributed by atoms with Crippen molar-refractivity contribution in [2.45, 2.75) is 26.1 Å². The summed E-state index contributed by atoms with van der Waals surface area (Å²) in [4.78, 5) is 6.79. The molecule has 0 fully saturated rings. The van der Waals surface area contributed by atoms with E-state index in [1.165, 1.54) is 0 Å². The van der Waals surface area contributed by atoms with E-state index in [0.717, 1.165) is 35.0 Å². The molecule has 8 nitrogen and oxygen atoms in total. The van der Waals surface area contributed by atoms with Crippen LogP contribution in [0.4, 0.5) is 0 Å². The van der Waals surface area contributed by atoms with Crippen LogP contribution >= 0.6 is 0 Å². The third-order valence-electron chi connectivity index (χ3n) is 5.37. The molecule has 2 aromatic heterocycles. The minimum atomic E-state index is -0.150. The van der Waals surface area contributed by atoms with Gasteiger partial charge in [-0.2, -0.15) is 4.68 Å². The maximum Gasteiger partial charge on any atom is 0.178 e. The fourth-order valence-corrected chi connectivity index (χ4v) is 3.77. The van der Waals surface area contributed by atoms with Crippen LogP contribution in [0.2, 0.25) is 0 Å². The number of methoxy groups -OCH3 is 1. The van der Waals surface area contributed by atoms with Crippen LogP contribution in [0, 0.1) is 6.92 Å². The topological polar surface area (TPSA) is 73.9 Å². The van der Waals surface area contributed by atoms with Crippen LogP contribution < -0.4 is 0 Å². The second-order valence-corrected chi connectivity index (χ2v) is 7.49. The molecule has 0 spiro atoms. The number of hydrogen-bond donors (Lipinski definition) is 0. The van der Waals surface area contributed by atoms with Gasteiger partial charge in [0, 0.05) is 26.0 Å². The molecule has 8 heteroatoms. The van der Waals surface area contributed by atoms with Crippen LogP contribution in [0.5, 0.6) is 0 Å². The molecule has 0 aliphatic rings. The Bertz CT molecular complexity index is 1110. The van der Waals surface area contributed by atoms with Gasteiger partial charge in [-0.3, -0.25) is 4.90 Å². The minimum absolute atomic E-state index is 0.150. The second-order valence-electron chi connectivity index (χ2n) is 7.49. The van der Waals surface area contributed by atoms with Crippen molar-refractivity contribution in [3.63, 3.8) is 0 Å². The van der Waals surface area contributed by atoms with Gasteiger partial charge in [0.2, 0.25) is 0 Å². The fourth-order valence-electron chi connectivity index (χ4n) is 3.77. The van der Waals surface area contributed by atoms with Crippen LogP contribution in [-0.4, -0.2) is 55.4 Å². The van der Waals surface area contributed by atoms with Gasteiger partial charge in [0.05, 0.1) is 24.9 Å². The molecule has 0 saturated heterocycles. The van der Waals surface area contributed by atoms with E-state index < -0.39 is 0 Å². The summed E-state index contributed by atoms with van der Waals surface area (Å²) < 4.78 is 9.19. The number of benzene rings is 2. The Morgan fingerprint density at radius 1 is 1.06 bits per heavy atom. The Hall–Kier alpha value is -3.36. The number of tetrazole rings is 1. The van der Waals surface area contributed by atoms with Gasteiger partial charge in [0.25, 0.3) is 0 Å². The molecule has 0 saturated carbocycles. The Kier molecular flexibility index (Phi) is 6.49. The molecule has 4 aromatic rings. The molecule has 1 atom stereocenters. The first-order valence-corrected chi connectivity index (χ1v) is 10.3. The number of para-hydroxylation sites is 1. The van der Waals surface area contributed by atoms with Gasteiger partial charge in [0.1, 0.15) is 5.82 Å². The fraction of sp³-hybridized carbons (Fsp3) is 0.304. The number of rotatable bonds is 9. The summed E-state index contributed by atoms with van der Waals surface area (Å²) in [6, 6.07) is 18.3. The van der Waals surface area contributed by atoms with Crippen molar-refractivity contribution < 1.29 is 4.74 Å². The quantitative estimate of drug-likeness (QED) is 0.417. The van der Waals surface area contributed by atoms with E-state index in [1.807, 2.05) is 53.5 Å². The van der Waals surface area contributed by atoms with E-state index in [-0.39, 0.29) is 6.04 Å². The predicted molar refractivity (Wildman–Crippen MR) is 118 cm³/mol. The van der Waals surface area contributed by atoms with Crippen molar-refractivity contribution in [1.82, 2.24) is 34.7 Å². The van der Waals surface area contributed by atoms with Crippen molar-refractivity contribution in [2.75, 3.05) is 20.8 Å². The van der Waals surface area contributed by atoms with E-state index in [1.54, 1.807) is 7.11 Å². The van der Waals surface area contributed by atoms with Gasteiger partial charge in [-0.05, 0) is 41.6 Å². The Morgan fingerprint density at radius 3 is 2.61 bits per heavy atom.